The normalized spacial score (nSPS) is 11.6. The fourth-order valence-electron chi connectivity index (χ4n) is 2.80. The van der Waals surface area contributed by atoms with Crippen molar-refractivity contribution in [3.63, 3.8) is 0 Å². The van der Waals surface area contributed by atoms with E-state index in [0.29, 0.717) is 25.3 Å². The quantitative estimate of drug-likeness (QED) is 0.526. The molecule has 3 aromatic rings. The maximum atomic E-state index is 13.0. The van der Waals surface area contributed by atoms with Crippen LogP contribution in [0.5, 0.6) is 5.75 Å². The van der Waals surface area contributed by atoms with Crippen molar-refractivity contribution < 1.29 is 22.3 Å². The van der Waals surface area contributed by atoms with E-state index in [9.17, 15) is 17.6 Å². The van der Waals surface area contributed by atoms with Gasteiger partial charge in [0.2, 0.25) is 15.9 Å². The van der Waals surface area contributed by atoms with Crippen LogP contribution in [-0.4, -0.2) is 50.4 Å². The zero-order valence-electron chi connectivity index (χ0n) is 16.4. The molecule has 0 radical (unpaired) electrons. The number of amides is 1. The maximum absolute atomic E-state index is 13.0. The molecule has 3 rings (SSSR count). The van der Waals surface area contributed by atoms with Crippen LogP contribution in [0.15, 0.2) is 65.7 Å². The molecule has 7 nitrogen and oxygen atoms in total. The minimum Gasteiger partial charge on any atom is -0.491 e. The average molecular weight is 431 g/mol. The number of pyridine rings is 1. The lowest BCUT2D eigenvalue weighted by atomic mass is 10.2. The van der Waals surface area contributed by atoms with Crippen molar-refractivity contribution in [2.45, 2.75) is 11.3 Å². The van der Waals surface area contributed by atoms with Gasteiger partial charge in [0.25, 0.3) is 0 Å². The third-order valence-electron chi connectivity index (χ3n) is 4.38. The summed E-state index contributed by atoms with van der Waals surface area (Å²) < 4.78 is 44.5. The van der Waals surface area contributed by atoms with Crippen LogP contribution >= 0.6 is 0 Å². The number of likely N-dealkylation sites (N-methyl/N-ethyl adjacent to an activating group) is 1. The molecule has 0 saturated heterocycles. The van der Waals surface area contributed by atoms with E-state index < -0.39 is 21.7 Å². The van der Waals surface area contributed by atoms with Crippen LogP contribution in [0.25, 0.3) is 10.9 Å². The van der Waals surface area contributed by atoms with Gasteiger partial charge in [-0.1, -0.05) is 18.2 Å². The molecular formula is C21H22FN3O4S. The molecule has 1 aromatic heterocycles. The number of rotatable bonds is 9. The SMILES string of the molecule is CN(CC(=O)NCCCOc1cccc2cccnc12)S(=O)(=O)c1ccc(F)cc1. The first kappa shape index (κ1) is 21.7. The monoisotopic (exact) mass is 431 g/mol. The molecule has 0 unspecified atom stereocenters. The number of sulfonamides is 1. The Bertz CT molecular complexity index is 1120. The molecule has 0 spiro atoms. The minimum atomic E-state index is -3.87. The molecule has 1 N–H and O–H groups in total. The highest BCUT2D eigenvalue weighted by Crippen LogP contribution is 2.22. The number of benzene rings is 2. The Morgan fingerprint density at radius 2 is 1.87 bits per heavy atom. The first-order valence-corrected chi connectivity index (χ1v) is 10.8. The fourth-order valence-corrected chi connectivity index (χ4v) is 3.93. The smallest absolute Gasteiger partial charge is 0.243 e. The lowest BCUT2D eigenvalue weighted by Crippen LogP contribution is -2.38. The molecule has 0 bridgehead atoms. The molecule has 0 aliphatic rings. The molecule has 0 saturated carbocycles. The fraction of sp³-hybridized carbons (Fsp3) is 0.238. The van der Waals surface area contributed by atoms with Crippen molar-refractivity contribution in [2.24, 2.45) is 0 Å². The summed E-state index contributed by atoms with van der Waals surface area (Å²) in [6.07, 6.45) is 2.25. The Morgan fingerprint density at radius 3 is 2.63 bits per heavy atom. The van der Waals surface area contributed by atoms with Crippen LogP contribution in [0.3, 0.4) is 0 Å². The van der Waals surface area contributed by atoms with E-state index in [1.807, 2.05) is 30.3 Å². The second-order valence-electron chi connectivity index (χ2n) is 6.60. The van der Waals surface area contributed by atoms with E-state index >= 15 is 0 Å². The minimum absolute atomic E-state index is 0.0729. The first-order valence-electron chi connectivity index (χ1n) is 9.33. The summed E-state index contributed by atoms with van der Waals surface area (Å²) in [6.45, 7) is 0.370. The number of nitrogens with one attached hydrogen (secondary N) is 1. The van der Waals surface area contributed by atoms with E-state index in [1.54, 1.807) is 6.20 Å². The largest absolute Gasteiger partial charge is 0.491 e. The standard InChI is InChI=1S/C21H22FN3O4S/c1-25(30(27,28)18-10-8-17(22)9-11-18)15-20(26)23-13-4-14-29-19-7-2-5-16-6-3-12-24-21(16)19/h2-3,5-12H,4,13-15H2,1H3,(H,23,26). The van der Waals surface area contributed by atoms with E-state index in [1.165, 1.54) is 19.2 Å². The number of halogens is 1. The maximum Gasteiger partial charge on any atom is 0.243 e. The van der Waals surface area contributed by atoms with Gasteiger partial charge < -0.3 is 10.1 Å². The van der Waals surface area contributed by atoms with Crippen LogP contribution in [-0.2, 0) is 14.8 Å². The van der Waals surface area contributed by atoms with Crippen molar-refractivity contribution in [1.82, 2.24) is 14.6 Å². The van der Waals surface area contributed by atoms with Gasteiger partial charge in [-0.05, 0) is 42.8 Å². The molecule has 2 aromatic carbocycles. The van der Waals surface area contributed by atoms with Gasteiger partial charge in [0.1, 0.15) is 17.1 Å². The molecular weight excluding hydrogens is 409 g/mol. The number of carbonyl (C=O) groups is 1. The van der Waals surface area contributed by atoms with Gasteiger partial charge in [-0.2, -0.15) is 4.31 Å². The number of fused-ring (bicyclic) bond motifs is 1. The van der Waals surface area contributed by atoms with Crippen molar-refractivity contribution in [1.29, 1.82) is 0 Å². The number of aromatic nitrogens is 1. The van der Waals surface area contributed by atoms with Gasteiger partial charge in [0.05, 0.1) is 18.0 Å². The highest BCUT2D eigenvalue weighted by molar-refractivity contribution is 7.89. The van der Waals surface area contributed by atoms with Crippen LogP contribution in [0.1, 0.15) is 6.42 Å². The highest BCUT2D eigenvalue weighted by atomic mass is 32.2. The predicted octanol–water partition coefficient (Wildman–Crippen LogP) is 2.58. The Morgan fingerprint density at radius 1 is 1.13 bits per heavy atom. The summed E-state index contributed by atoms with van der Waals surface area (Å²) in [5.41, 5.74) is 0.775. The summed E-state index contributed by atoms with van der Waals surface area (Å²) in [7, 11) is -2.57. The molecule has 0 aliphatic carbocycles. The molecule has 0 aliphatic heterocycles. The number of nitrogens with zero attached hydrogens (tertiary/aromatic N) is 2. The van der Waals surface area contributed by atoms with Crippen LogP contribution in [0.4, 0.5) is 4.39 Å². The molecule has 0 fully saturated rings. The molecule has 9 heteroatoms. The van der Waals surface area contributed by atoms with E-state index in [-0.39, 0.29) is 11.4 Å². The van der Waals surface area contributed by atoms with E-state index in [2.05, 4.69) is 10.3 Å². The second-order valence-corrected chi connectivity index (χ2v) is 8.64. The summed E-state index contributed by atoms with van der Waals surface area (Å²) in [5.74, 6) is -0.296. The summed E-state index contributed by atoms with van der Waals surface area (Å²) in [5, 5.41) is 3.65. The van der Waals surface area contributed by atoms with Gasteiger partial charge in [-0.15, -0.1) is 0 Å². The lowest BCUT2D eigenvalue weighted by Gasteiger charge is -2.17. The highest BCUT2D eigenvalue weighted by Gasteiger charge is 2.22. The Balaban J connectivity index is 1.44. The van der Waals surface area contributed by atoms with Crippen molar-refractivity contribution in [3.05, 3.63) is 66.6 Å². The second kappa shape index (κ2) is 9.64. The zero-order chi connectivity index (χ0) is 21.6. The number of hydrogen-bond acceptors (Lipinski definition) is 5. The predicted molar refractivity (Wildman–Crippen MR) is 111 cm³/mol. The van der Waals surface area contributed by atoms with Crippen LogP contribution in [0.2, 0.25) is 0 Å². The van der Waals surface area contributed by atoms with Crippen LogP contribution in [0, 0.1) is 5.82 Å². The number of carbonyl (C=O) groups excluding carboxylic acids is 1. The van der Waals surface area contributed by atoms with Gasteiger partial charge in [0.15, 0.2) is 0 Å². The number of hydrogen-bond donors (Lipinski definition) is 1. The molecule has 158 valence electrons. The molecule has 1 amide bonds. The average Bonchev–Trinajstić information content (AvgIpc) is 2.74. The number of ether oxygens (including phenoxy) is 1. The van der Waals surface area contributed by atoms with E-state index in [4.69, 9.17) is 4.74 Å². The Kier molecular flexibility index (Phi) is 6.96. The molecule has 0 atom stereocenters. The lowest BCUT2D eigenvalue weighted by molar-refractivity contribution is -0.121. The topological polar surface area (TPSA) is 88.6 Å². The first-order chi connectivity index (χ1) is 14.4. The van der Waals surface area contributed by atoms with Crippen molar-refractivity contribution in [3.8, 4) is 5.75 Å². The summed E-state index contributed by atoms with van der Waals surface area (Å²) in [6, 6.07) is 13.9. The Labute approximate surface area is 174 Å². The van der Waals surface area contributed by atoms with Gasteiger partial charge in [0, 0.05) is 25.2 Å². The molecule has 30 heavy (non-hydrogen) atoms. The van der Waals surface area contributed by atoms with Crippen LogP contribution < -0.4 is 10.1 Å². The zero-order valence-corrected chi connectivity index (χ0v) is 17.2. The van der Waals surface area contributed by atoms with Gasteiger partial charge >= 0.3 is 0 Å². The summed E-state index contributed by atoms with van der Waals surface area (Å²) >= 11 is 0. The third-order valence-corrected chi connectivity index (χ3v) is 6.20. The Hall–Kier alpha value is -3.04. The third kappa shape index (κ3) is 5.31. The summed E-state index contributed by atoms with van der Waals surface area (Å²) in [4.78, 5) is 16.3. The van der Waals surface area contributed by atoms with Gasteiger partial charge in [-0.3, -0.25) is 9.78 Å². The molecule has 1 heterocycles. The van der Waals surface area contributed by atoms with Gasteiger partial charge in [-0.25, -0.2) is 12.8 Å². The van der Waals surface area contributed by atoms with E-state index in [0.717, 1.165) is 27.3 Å². The van der Waals surface area contributed by atoms with Crippen molar-refractivity contribution in [2.75, 3.05) is 26.7 Å². The van der Waals surface area contributed by atoms with Crippen molar-refractivity contribution >= 4 is 26.8 Å². The number of para-hydroxylation sites is 1.